The average molecular weight is 257 g/mol. The van der Waals surface area contributed by atoms with Gasteiger partial charge in [-0.15, -0.1) is 0 Å². The van der Waals surface area contributed by atoms with Gasteiger partial charge in [0.1, 0.15) is 0 Å². The zero-order valence-corrected chi connectivity index (χ0v) is 10.4. The van der Waals surface area contributed by atoms with Gasteiger partial charge in [0, 0.05) is 6.04 Å². The number of rotatable bonds is 5. The van der Waals surface area contributed by atoms with Crippen molar-refractivity contribution in [3.05, 3.63) is 35.4 Å². The fourth-order valence-electron chi connectivity index (χ4n) is 2.34. The van der Waals surface area contributed by atoms with Crippen LogP contribution in [0.1, 0.15) is 30.4 Å². The lowest BCUT2D eigenvalue weighted by Crippen LogP contribution is -2.27. The molecule has 0 radical (unpaired) electrons. The Morgan fingerprint density at radius 1 is 1.33 bits per heavy atom. The molecule has 0 saturated heterocycles. The standard InChI is InChI=1S/C14H18F3N/c1-18-13(11-6-7-11)8-5-10-3-2-4-12(9-10)14(15,16)17/h2-4,9,11,13,18H,5-8H2,1H3. The largest absolute Gasteiger partial charge is 0.416 e. The molecule has 1 fully saturated rings. The summed E-state index contributed by atoms with van der Waals surface area (Å²) in [6.07, 6.45) is -0.147. The molecule has 1 saturated carbocycles. The topological polar surface area (TPSA) is 12.0 Å². The quantitative estimate of drug-likeness (QED) is 0.849. The number of nitrogens with one attached hydrogen (secondary N) is 1. The Kier molecular flexibility index (Phi) is 3.95. The van der Waals surface area contributed by atoms with E-state index in [0.29, 0.717) is 12.5 Å². The van der Waals surface area contributed by atoms with E-state index in [2.05, 4.69) is 5.32 Å². The van der Waals surface area contributed by atoms with Gasteiger partial charge in [0.15, 0.2) is 0 Å². The molecule has 0 aromatic heterocycles. The Hall–Kier alpha value is -1.03. The number of aryl methyl sites for hydroxylation is 1. The number of halogens is 3. The molecule has 4 heteroatoms. The summed E-state index contributed by atoms with van der Waals surface area (Å²) in [7, 11) is 1.93. The summed E-state index contributed by atoms with van der Waals surface area (Å²) in [5.74, 6) is 0.723. The van der Waals surface area contributed by atoms with Crippen molar-refractivity contribution < 1.29 is 13.2 Å². The first-order chi connectivity index (χ1) is 8.50. The van der Waals surface area contributed by atoms with Crippen LogP contribution in [0.2, 0.25) is 0 Å². The molecule has 0 aliphatic heterocycles. The van der Waals surface area contributed by atoms with Gasteiger partial charge in [-0.05, 0) is 50.3 Å². The molecule has 1 atom stereocenters. The lowest BCUT2D eigenvalue weighted by molar-refractivity contribution is -0.137. The minimum Gasteiger partial charge on any atom is -0.317 e. The van der Waals surface area contributed by atoms with Crippen LogP contribution in [0.5, 0.6) is 0 Å². The van der Waals surface area contributed by atoms with Crippen LogP contribution < -0.4 is 5.32 Å². The van der Waals surface area contributed by atoms with Gasteiger partial charge in [0.25, 0.3) is 0 Å². The van der Waals surface area contributed by atoms with Crippen LogP contribution in [0.25, 0.3) is 0 Å². The van der Waals surface area contributed by atoms with E-state index in [0.717, 1.165) is 24.0 Å². The third kappa shape index (κ3) is 3.48. The third-order valence-corrected chi connectivity index (χ3v) is 3.56. The average Bonchev–Trinajstić information content (AvgIpc) is 3.14. The van der Waals surface area contributed by atoms with Crippen LogP contribution >= 0.6 is 0 Å². The number of alkyl halides is 3. The highest BCUT2D eigenvalue weighted by Gasteiger charge is 2.31. The molecule has 0 heterocycles. The Labute approximate surface area is 105 Å². The smallest absolute Gasteiger partial charge is 0.317 e. The minimum absolute atomic E-state index is 0.444. The monoisotopic (exact) mass is 257 g/mol. The lowest BCUT2D eigenvalue weighted by atomic mass is 10.0. The third-order valence-electron chi connectivity index (χ3n) is 3.56. The lowest BCUT2D eigenvalue weighted by Gasteiger charge is -2.15. The second-order valence-electron chi connectivity index (χ2n) is 4.97. The summed E-state index contributed by atoms with van der Waals surface area (Å²) in [5.41, 5.74) is 0.221. The first-order valence-electron chi connectivity index (χ1n) is 6.34. The van der Waals surface area contributed by atoms with Gasteiger partial charge in [-0.1, -0.05) is 18.2 Å². The van der Waals surface area contributed by atoms with Gasteiger partial charge >= 0.3 is 6.18 Å². The summed E-state index contributed by atoms with van der Waals surface area (Å²) in [6.45, 7) is 0. The maximum absolute atomic E-state index is 12.6. The first-order valence-corrected chi connectivity index (χ1v) is 6.34. The van der Waals surface area contributed by atoms with Gasteiger partial charge in [0.2, 0.25) is 0 Å². The SMILES string of the molecule is CNC(CCc1cccc(C(F)(F)F)c1)C1CC1. The van der Waals surface area contributed by atoms with Gasteiger partial charge < -0.3 is 5.32 Å². The Balaban J connectivity index is 1.96. The maximum atomic E-state index is 12.6. The van der Waals surface area contributed by atoms with Crippen LogP contribution in [-0.4, -0.2) is 13.1 Å². The molecule has 18 heavy (non-hydrogen) atoms. The zero-order valence-electron chi connectivity index (χ0n) is 10.4. The van der Waals surface area contributed by atoms with Crippen LogP contribution in [0.15, 0.2) is 24.3 Å². The van der Waals surface area contributed by atoms with Gasteiger partial charge in [-0.25, -0.2) is 0 Å². The van der Waals surface area contributed by atoms with Crippen LogP contribution in [0, 0.1) is 5.92 Å². The van der Waals surface area contributed by atoms with Gasteiger partial charge in [0.05, 0.1) is 5.56 Å². The number of hydrogen-bond donors (Lipinski definition) is 1. The molecule has 1 aromatic carbocycles. The molecule has 0 spiro atoms. The Bertz CT molecular complexity index is 396. The van der Waals surface area contributed by atoms with Crippen molar-refractivity contribution in [2.75, 3.05) is 7.05 Å². The maximum Gasteiger partial charge on any atom is 0.416 e. The molecule has 1 aliphatic carbocycles. The normalized spacial score (nSPS) is 17.8. The van der Waals surface area contributed by atoms with Crippen molar-refractivity contribution in [2.24, 2.45) is 5.92 Å². The Morgan fingerprint density at radius 3 is 2.61 bits per heavy atom. The molecular formula is C14H18F3N. The van der Waals surface area contributed by atoms with E-state index in [-0.39, 0.29) is 0 Å². The molecule has 1 unspecified atom stereocenters. The van der Waals surface area contributed by atoms with Crippen molar-refractivity contribution in [3.63, 3.8) is 0 Å². The van der Waals surface area contributed by atoms with Crippen molar-refractivity contribution in [1.82, 2.24) is 5.32 Å². The second kappa shape index (κ2) is 5.31. The minimum atomic E-state index is -4.24. The van der Waals surface area contributed by atoms with E-state index in [9.17, 15) is 13.2 Å². The number of benzene rings is 1. The predicted octanol–water partition coefficient (Wildman–Crippen LogP) is 3.64. The van der Waals surface area contributed by atoms with Crippen LogP contribution in [0.3, 0.4) is 0 Å². The summed E-state index contributed by atoms with van der Waals surface area (Å²) in [4.78, 5) is 0. The molecule has 1 nitrogen and oxygen atoms in total. The van der Waals surface area contributed by atoms with E-state index in [4.69, 9.17) is 0 Å². The summed E-state index contributed by atoms with van der Waals surface area (Å²) in [5, 5.41) is 3.26. The molecule has 1 aliphatic rings. The summed E-state index contributed by atoms with van der Waals surface area (Å²) < 4.78 is 37.7. The molecule has 0 bridgehead atoms. The highest BCUT2D eigenvalue weighted by atomic mass is 19.4. The fourth-order valence-corrected chi connectivity index (χ4v) is 2.34. The molecule has 1 aromatic rings. The van der Waals surface area contributed by atoms with Crippen molar-refractivity contribution >= 4 is 0 Å². The highest BCUT2D eigenvalue weighted by molar-refractivity contribution is 5.25. The molecule has 0 amide bonds. The summed E-state index contributed by atoms with van der Waals surface area (Å²) >= 11 is 0. The van der Waals surface area contributed by atoms with Crippen molar-refractivity contribution in [2.45, 2.75) is 37.9 Å². The van der Waals surface area contributed by atoms with E-state index >= 15 is 0 Å². The predicted molar refractivity (Wildman–Crippen MR) is 65.3 cm³/mol. The van der Waals surface area contributed by atoms with Gasteiger partial charge in [-0.3, -0.25) is 0 Å². The second-order valence-corrected chi connectivity index (χ2v) is 4.97. The molecule has 1 N–H and O–H groups in total. The van der Waals surface area contributed by atoms with Crippen LogP contribution in [0.4, 0.5) is 13.2 Å². The molecular weight excluding hydrogens is 239 g/mol. The number of hydrogen-bond acceptors (Lipinski definition) is 1. The zero-order chi connectivity index (χ0) is 13.2. The van der Waals surface area contributed by atoms with Crippen molar-refractivity contribution in [1.29, 1.82) is 0 Å². The van der Waals surface area contributed by atoms with E-state index in [1.54, 1.807) is 6.07 Å². The van der Waals surface area contributed by atoms with Crippen LogP contribution in [-0.2, 0) is 12.6 Å². The summed E-state index contributed by atoms with van der Waals surface area (Å²) in [6, 6.07) is 6.09. The highest BCUT2D eigenvalue weighted by Crippen LogP contribution is 2.34. The van der Waals surface area contributed by atoms with E-state index in [1.165, 1.54) is 25.0 Å². The van der Waals surface area contributed by atoms with E-state index in [1.807, 2.05) is 7.05 Å². The van der Waals surface area contributed by atoms with E-state index < -0.39 is 11.7 Å². The van der Waals surface area contributed by atoms with Gasteiger partial charge in [-0.2, -0.15) is 13.2 Å². The molecule has 100 valence electrons. The Morgan fingerprint density at radius 2 is 2.06 bits per heavy atom. The molecule has 2 rings (SSSR count). The van der Waals surface area contributed by atoms with Crippen molar-refractivity contribution in [3.8, 4) is 0 Å². The fraction of sp³-hybridized carbons (Fsp3) is 0.571. The first kappa shape index (κ1) is 13.4.